The van der Waals surface area contributed by atoms with E-state index in [0.29, 0.717) is 81.1 Å². The van der Waals surface area contributed by atoms with Gasteiger partial charge in [-0.1, -0.05) is 104 Å². The highest BCUT2D eigenvalue weighted by molar-refractivity contribution is 5.91. The van der Waals surface area contributed by atoms with E-state index < -0.39 is 5.54 Å². The number of hydrogen-bond donors (Lipinski definition) is 1. The Labute approximate surface area is 436 Å². The van der Waals surface area contributed by atoms with Crippen molar-refractivity contribution < 1.29 is 38.2 Å². The minimum Gasteiger partial charge on any atom is -0.462 e. The molecule has 8 rings (SSSR count). The molecule has 3 saturated carbocycles. The van der Waals surface area contributed by atoms with Crippen LogP contribution in [0, 0.1) is 34.5 Å². The summed E-state index contributed by atoms with van der Waals surface area (Å²) < 4.78 is 18.3. The first-order chi connectivity index (χ1) is 34.9. The molecule has 6 aliphatic carbocycles. The van der Waals surface area contributed by atoms with Crippen LogP contribution in [0.2, 0.25) is 0 Å². The molecule has 8 aliphatic rings. The molecule has 0 aromatic rings. The van der Waals surface area contributed by atoms with E-state index in [-0.39, 0.29) is 74.4 Å². The minimum atomic E-state index is -1.29. The molecule has 2 spiro atoms. The zero-order valence-corrected chi connectivity index (χ0v) is 46.3. The Hall–Kier alpha value is -3.21. The first-order valence-electron chi connectivity index (χ1n) is 30.0. The van der Waals surface area contributed by atoms with Crippen LogP contribution in [0.4, 0.5) is 0 Å². The lowest BCUT2D eigenvalue weighted by molar-refractivity contribution is -0.265. The third-order valence-corrected chi connectivity index (χ3v) is 18.7. The average Bonchev–Trinajstić information content (AvgIpc) is 3.34. The molecule has 0 radical (unpaired) electrons. The predicted octanol–water partition coefficient (Wildman–Crippen LogP) is 12.9. The lowest BCUT2D eigenvalue weighted by atomic mass is 9.26. The van der Waals surface area contributed by atoms with Gasteiger partial charge in [0, 0.05) is 38.8 Å². The van der Waals surface area contributed by atoms with Crippen molar-refractivity contribution in [2.75, 3.05) is 46.9 Å². The Bertz CT molecular complexity index is 1720. The number of allylic oxidation sites excluding steroid dienone is 2. The Morgan fingerprint density at radius 2 is 1.15 bits per heavy atom. The van der Waals surface area contributed by atoms with Crippen LogP contribution in [-0.2, 0) is 38.2 Å². The van der Waals surface area contributed by atoms with E-state index in [1.54, 1.807) is 0 Å². The second kappa shape index (κ2) is 29.2. The van der Waals surface area contributed by atoms with Crippen LogP contribution in [0.25, 0.3) is 0 Å². The minimum absolute atomic E-state index is 0.0594. The molecule has 0 aromatic heterocycles. The number of esters is 3. The van der Waals surface area contributed by atoms with Crippen LogP contribution in [0.5, 0.6) is 0 Å². The molecule has 2 heterocycles. The third kappa shape index (κ3) is 15.2. The Balaban J connectivity index is 1.14. The van der Waals surface area contributed by atoms with Crippen molar-refractivity contribution in [2.24, 2.45) is 34.5 Å². The van der Waals surface area contributed by atoms with Crippen LogP contribution in [0.15, 0.2) is 23.3 Å². The molecule has 5 fully saturated rings. The number of unbranched alkanes of at least 4 members (excludes halogenated alkanes) is 13. The zero-order chi connectivity index (χ0) is 51.4. The summed E-state index contributed by atoms with van der Waals surface area (Å²) in [5.41, 5.74) is 1.94. The molecule has 2 amide bonds. The lowest BCUT2D eigenvalue weighted by Crippen LogP contribution is -2.71. The highest BCUT2D eigenvalue weighted by Gasteiger charge is 2.74. The van der Waals surface area contributed by atoms with Gasteiger partial charge >= 0.3 is 17.9 Å². The van der Waals surface area contributed by atoms with E-state index in [2.05, 4.69) is 43.1 Å². The zero-order valence-electron chi connectivity index (χ0n) is 46.3. The van der Waals surface area contributed by atoms with Gasteiger partial charge in [0.05, 0.1) is 0 Å². The molecule has 408 valence electrons. The molecule has 4 atom stereocenters. The maximum atomic E-state index is 15.0. The van der Waals surface area contributed by atoms with Crippen LogP contribution in [-0.4, -0.2) is 98.1 Å². The van der Waals surface area contributed by atoms with Gasteiger partial charge in [-0.3, -0.25) is 24.0 Å². The van der Waals surface area contributed by atoms with E-state index in [4.69, 9.17) is 14.2 Å². The van der Waals surface area contributed by atoms with E-state index in [0.717, 1.165) is 76.2 Å². The van der Waals surface area contributed by atoms with Crippen LogP contribution in [0.3, 0.4) is 0 Å². The molecular formula is C61H101N3O8. The number of hydrogen-bond acceptors (Lipinski definition) is 9. The summed E-state index contributed by atoms with van der Waals surface area (Å²) in [5.74, 6) is 1.32. The summed E-state index contributed by atoms with van der Waals surface area (Å²) in [6.45, 7) is 8.93. The number of carbonyl (C=O) groups is 5. The van der Waals surface area contributed by atoms with Gasteiger partial charge in [0.25, 0.3) is 0 Å². The standard InChI is InChI=1S/C61H101N3O8/c1-6-9-12-14-16-18-26-51(27-19-17-15-13-10-7-2)72-57(68)29-21-20-28-54(65)64(40-23-22-39-63(4)5)61(58(69)62-38-11-8-3)36-24-30-55(66)70-43-47-32-34-49-41-52(47)59(49)45-60(46-59)50-35-33-48(53(60)42-50)44-71-56(67)31-25-37-61/h32-33,49-53H,6-31,34-46H2,1-5H3,(H,62,69). The summed E-state index contributed by atoms with van der Waals surface area (Å²) in [6.07, 6.45) is 34.1. The summed E-state index contributed by atoms with van der Waals surface area (Å²) in [5, 5.41) is 3.22. The molecule has 4 unspecified atom stereocenters. The number of fused-ring (bicyclic) bond motifs is 13. The van der Waals surface area contributed by atoms with Crippen LogP contribution in [0.1, 0.15) is 239 Å². The van der Waals surface area contributed by atoms with Crippen LogP contribution < -0.4 is 5.32 Å². The SMILES string of the molecule is CCCCCCCCC(CCCCCCCC)OC(=O)CCCCC(=O)N(CCCCN(C)C)C1(C(=O)NCCCC)CCCC(=O)OCC2=CCC3CC2C32CC3(C2)C2CC=C(COC(=O)CCC1)C3C2. The normalized spacial score (nSPS) is 28.0. The monoisotopic (exact) mass is 1000 g/mol. The second-order valence-electron chi connectivity index (χ2n) is 24.0. The molecule has 11 heteroatoms. The first-order valence-corrected chi connectivity index (χ1v) is 30.0. The van der Waals surface area contributed by atoms with Gasteiger partial charge in [0.1, 0.15) is 24.9 Å². The fraction of sp³-hybridized carbons (Fsp3) is 0.852. The molecule has 72 heavy (non-hydrogen) atoms. The summed E-state index contributed by atoms with van der Waals surface area (Å²) in [6, 6.07) is 0. The highest BCUT2D eigenvalue weighted by atomic mass is 16.5. The smallest absolute Gasteiger partial charge is 0.306 e. The maximum Gasteiger partial charge on any atom is 0.306 e. The van der Waals surface area contributed by atoms with E-state index in [1.807, 2.05) is 19.0 Å². The fourth-order valence-corrected chi connectivity index (χ4v) is 14.5. The topological polar surface area (TPSA) is 132 Å². The van der Waals surface area contributed by atoms with Crippen molar-refractivity contribution in [3.8, 4) is 0 Å². The van der Waals surface area contributed by atoms with Gasteiger partial charge in [0.15, 0.2) is 0 Å². The average molecular weight is 1000 g/mol. The van der Waals surface area contributed by atoms with E-state index in [1.165, 1.54) is 101 Å². The molecule has 11 nitrogen and oxygen atoms in total. The van der Waals surface area contributed by atoms with Crippen molar-refractivity contribution in [1.82, 2.24) is 15.1 Å². The maximum absolute atomic E-state index is 15.0. The number of nitrogens with zero attached hydrogens (tertiary/aromatic N) is 2. The summed E-state index contributed by atoms with van der Waals surface area (Å²) in [4.78, 5) is 74.6. The van der Waals surface area contributed by atoms with Crippen molar-refractivity contribution in [3.63, 3.8) is 0 Å². The Kier molecular flexibility index (Phi) is 23.5. The highest BCUT2D eigenvalue weighted by Crippen LogP contribution is 2.82. The molecular weight excluding hydrogens is 903 g/mol. The summed E-state index contributed by atoms with van der Waals surface area (Å²) in [7, 11) is 4.07. The Morgan fingerprint density at radius 3 is 1.67 bits per heavy atom. The van der Waals surface area contributed by atoms with Gasteiger partial charge < -0.3 is 29.3 Å². The molecule has 1 N–H and O–H groups in total. The predicted molar refractivity (Wildman–Crippen MR) is 287 cm³/mol. The number of ether oxygens (including phenoxy) is 3. The van der Waals surface area contributed by atoms with Gasteiger partial charge in [0.2, 0.25) is 11.8 Å². The number of carbonyl (C=O) groups excluding carboxylic acids is 5. The van der Waals surface area contributed by atoms with E-state index in [9.17, 15) is 24.0 Å². The lowest BCUT2D eigenvalue weighted by Gasteiger charge is -2.78. The van der Waals surface area contributed by atoms with Gasteiger partial charge in [-0.05, 0) is 188 Å². The molecule has 2 aliphatic heterocycles. The number of amides is 2. The van der Waals surface area contributed by atoms with Crippen molar-refractivity contribution in [1.29, 1.82) is 0 Å². The molecule has 2 saturated heterocycles. The van der Waals surface area contributed by atoms with Gasteiger partial charge in [-0.15, -0.1) is 0 Å². The van der Waals surface area contributed by atoms with E-state index >= 15 is 0 Å². The third-order valence-electron chi connectivity index (χ3n) is 18.7. The Morgan fingerprint density at radius 1 is 0.653 bits per heavy atom. The summed E-state index contributed by atoms with van der Waals surface area (Å²) >= 11 is 0. The number of nitrogens with one attached hydrogen (secondary N) is 1. The van der Waals surface area contributed by atoms with Crippen molar-refractivity contribution in [2.45, 2.75) is 251 Å². The van der Waals surface area contributed by atoms with Crippen LogP contribution >= 0.6 is 0 Å². The fourth-order valence-electron chi connectivity index (χ4n) is 14.5. The van der Waals surface area contributed by atoms with Gasteiger partial charge in [-0.2, -0.15) is 0 Å². The second-order valence-corrected chi connectivity index (χ2v) is 24.0. The molecule has 0 aromatic carbocycles. The molecule has 8 bridgehead atoms. The van der Waals surface area contributed by atoms with Crippen molar-refractivity contribution in [3.05, 3.63) is 23.3 Å². The van der Waals surface area contributed by atoms with Gasteiger partial charge in [-0.25, -0.2) is 0 Å². The largest absolute Gasteiger partial charge is 0.462 e. The number of rotatable bonds is 30. The first kappa shape index (κ1) is 58.1. The van der Waals surface area contributed by atoms with Crippen molar-refractivity contribution >= 4 is 29.7 Å². The quantitative estimate of drug-likeness (QED) is 0.0323.